The predicted molar refractivity (Wildman–Crippen MR) is 125 cm³/mol. The van der Waals surface area contributed by atoms with E-state index in [1.54, 1.807) is 31.2 Å². The summed E-state index contributed by atoms with van der Waals surface area (Å²) in [5.41, 5.74) is -0.422. The number of hydrogen-bond donors (Lipinski definition) is 2. The van der Waals surface area contributed by atoms with Crippen LogP contribution in [0.2, 0.25) is 10.0 Å². The molecule has 174 valence electrons. The molecular weight excluding hydrogens is 466 g/mol. The van der Waals surface area contributed by atoms with Crippen LogP contribution in [0.25, 0.3) is 0 Å². The summed E-state index contributed by atoms with van der Waals surface area (Å²) < 4.78 is 21.0. The highest BCUT2D eigenvalue weighted by Crippen LogP contribution is 2.62. The molecule has 5 nitrogen and oxygen atoms in total. The van der Waals surface area contributed by atoms with Crippen LogP contribution in [0.1, 0.15) is 56.1 Å². The van der Waals surface area contributed by atoms with E-state index in [1.807, 2.05) is 6.07 Å². The average molecular weight is 491 g/mol. The maximum atomic E-state index is 15.6. The third kappa shape index (κ3) is 3.14. The Morgan fingerprint density at radius 2 is 1.94 bits per heavy atom. The minimum Gasteiger partial charge on any atom is -0.465 e. The van der Waals surface area contributed by atoms with Crippen LogP contribution in [0.15, 0.2) is 36.4 Å². The van der Waals surface area contributed by atoms with Crippen LogP contribution in [0.3, 0.4) is 0 Å². The fourth-order valence-electron chi connectivity index (χ4n) is 6.43. The van der Waals surface area contributed by atoms with E-state index in [-0.39, 0.29) is 23.1 Å². The third-order valence-electron chi connectivity index (χ3n) is 7.56. The van der Waals surface area contributed by atoms with Gasteiger partial charge in [-0.2, -0.15) is 0 Å². The molecule has 1 saturated carbocycles. The van der Waals surface area contributed by atoms with Gasteiger partial charge in [0.25, 0.3) is 0 Å². The first-order valence-corrected chi connectivity index (χ1v) is 12.1. The highest BCUT2D eigenvalue weighted by molar-refractivity contribution is 6.31. The average Bonchev–Trinajstić information content (AvgIpc) is 3.24. The number of carbonyl (C=O) groups is 2. The fraction of sp³-hybridized carbons (Fsp3) is 0.440. The summed E-state index contributed by atoms with van der Waals surface area (Å²) in [7, 11) is 0. The van der Waals surface area contributed by atoms with Crippen molar-refractivity contribution in [2.45, 2.75) is 61.9 Å². The number of esters is 1. The second-order valence-corrected chi connectivity index (χ2v) is 9.93. The number of hydrogen-bond acceptors (Lipinski definition) is 4. The van der Waals surface area contributed by atoms with Crippen LogP contribution in [0.5, 0.6) is 0 Å². The van der Waals surface area contributed by atoms with Crippen LogP contribution in [0, 0.1) is 5.82 Å². The zero-order valence-electron chi connectivity index (χ0n) is 18.2. The van der Waals surface area contributed by atoms with Gasteiger partial charge in [-0.1, -0.05) is 60.7 Å². The molecule has 8 heteroatoms. The minimum absolute atomic E-state index is 0.0513. The number of rotatable bonds is 3. The van der Waals surface area contributed by atoms with Crippen LogP contribution in [-0.2, 0) is 19.7 Å². The first-order valence-electron chi connectivity index (χ1n) is 11.4. The van der Waals surface area contributed by atoms with Crippen molar-refractivity contribution in [3.8, 4) is 0 Å². The number of ether oxygens (including phenoxy) is 1. The quantitative estimate of drug-likeness (QED) is 0.569. The van der Waals surface area contributed by atoms with Crippen LogP contribution >= 0.6 is 23.2 Å². The van der Waals surface area contributed by atoms with Crippen molar-refractivity contribution >= 4 is 40.8 Å². The van der Waals surface area contributed by atoms with E-state index in [0.29, 0.717) is 23.6 Å². The summed E-state index contributed by atoms with van der Waals surface area (Å²) in [6, 6.07) is 9.10. The second kappa shape index (κ2) is 8.26. The minimum atomic E-state index is -1.23. The van der Waals surface area contributed by atoms with Gasteiger partial charge in [0.2, 0.25) is 5.91 Å². The highest BCUT2D eigenvalue weighted by atomic mass is 35.5. The summed E-state index contributed by atoms with van der Waals surface area (Å²) in [5.74, 6) is -2.23. The molecule has 2 fully saturated rings. The topological polar surface area (TPSA) is 67.4 Å². The molecule has 2 aliphatic heterocycles. The van der Waals surface area contributed by atoms with Gasteiger partial charge in [0.1, 0.15) is 17.3 Å². The Hall–Kier alpha value is -2.15. The van der Waals surface area contributed by atoms with Crippen molar-refractivity contribution in [2.24, 2.45) is 0 Å². The fourth-order valence-corrected chi connectivity index (χ4v) is 6.78. The molecule has 0 radical (unpaired) electrons. The Labute approximate surface area is 202 Å². The summed E-state index contributed by atoms with van der Waals surface area (Å²) in [5, 5.41) is 6.96. The zero-order valence-corrected chi connectivity index (χ0v) is 19.7. The molecular formula is C25H25Cl2FN2O3. The van der Waals surface area contributed by atoms with Crippen molar-refractivity contribution in [3.05, 3.63) is 63.4 Å². The van der Waals surface area contributed by atoms with Crippen LogP contribution in [-0.4, -0.2) is 30.1 Å². The summed E-state index contributed by atoms with van der Waals surface area (Å²) in [6.07, 6.45) is 4.18. The van der Waals surface area contributed by atoms with E-state index < -0.39 is 34.7 Å². The van der Waals surface area contributed by atoms with Crippen LogP contribution in [0.4, 0.5) is 10.1 Å². The number of amides is 1. The van der Waals surface area contributed by atoms with E-state index in [0.717, 1.165) is 24.8 Å². The molecule has 2 spiro atoms. The first kappa shape index (κ1) is 22.6. The molecule has 0 bridgehead atoms. The maximum Gasteiger partial charge on any atom is 0.323 e. The van der Waals surface area contributed by atoms with E-state index in [4.69, 9.17) is 27.9 Å². The number of carbonyl (C=O) groups excluding carboxylic acids is 2. The second-order valence-electron chi connectivity index (χ2n) is 9.09. The molecule has 2 heterocycles. The lowest BCUT2D eigenvalue weighted by Gasteiger charge is -2.47. The SMILES string of the molecule is CCOC(=O)[C@@H]1NC2(CCCCC2)[C@@]2(C(=O)Nc3cc(Cl)ccc32)[C@H]1c1cccc(Cl)c1F. The lowest BCUT2D eigenvalue weighted by atomic mass is 9.55. The molecule has 0 unspecified atom stereocenters. The van der Waals surface area contributed by atoms with Crippen LogP contribution < -0.4 is 10.6 Å². The smallest absolute Gasteiger partial charge is 0.323 e. The van der Waals surface area contributed by atoms with Gasteiger partial charge in [-0.05, 0) is 49.1 Å². The summed E-state index contributed by atoms with van der Waals surface area (Å²) >= 11 is 12.4. The first-order chi connectivity index (χ1) is 15.9. The van der Waals surface area contributed by atoms with Gasteiger partial charge in [-0.3, -0.25) is 14.9 Å². The number of fused-ring (bicyclic) bond motifs is 3. The molecule has 5 rings (SSSR count). The van der Waals surface area contributed by atoms with E-state index in [9.17, 15) is 9.59 Å². The van der Waals surface area contributed by atoms with Crippen molar-refractivity contribution in [3.63, 3.8) is 0 Å². The zero-order chi connectivity index (χ0) is 23.4. The molecule has 33 heavy (non-hydrogen) atoms. The normalized spacial score (nSPS) is 27.6. The number of anilines is 1. The van der Waals surface area contributed by atoms with Crippen molar-refractivity contribution < 1.29 is 18.7 Å². The Morgan fingerprint density at radius 1 is 1.18 bits per heavy atom. The number of benzene rings is 2. The molecule has 2 aromatic rings. The molecule has 3 atom stereocenters. The van der Waals surface area contributed by atoms with Gasteiger partial charge in [-0.15, -0.1) is 0 Å². The van der Waals surface area contributed by atoms with Gasteiger partial charge >= 0.3 is 5.97 Å². The predicted octanol–water partition coefficient (Wildman–Crippen LogP) is 5.34. The highest BCUT2D eigenvalue weighted by Gasteiger charge is 2.72. The summed E-state index contributed by atoms with van der Waals surface area (Å²) in [6.45, 7) is 1.91. The number of halogens is 3. The Bertz CT molecular complexity index is 1130. The van der Waals surface area contributed by atoms with E-state index in [2.05, 4.69) is 10.6 Å². The molecule has 2 N–H and O–H groups in total. The van der Waals surface area contributed by atoms with Crippen molar-refractivity contribution in [2.75, 3.05) is 11.9 Å². The molecule has 3 aliphatic rings. The van der Waals surface area contributed by atoms with Gasteiger partial charge in [-0.25, -0.2) is 4.39 Å². The maximum absolute atomic E-state index is 15.6. The molecule has 1 saturated heterocycles. The molecule has 0 aromatic heterocycles. The molecule has 1 amide bonds. The van der Waals surface area contributed by atoms with Gasteiger partial charge in [0.05, 0.1) is 11.6 Å². The molecule has 1 aliphatic carbocycles. The lowest BCUT2D eigenvalue weighted by molar-refractivity contribution is -0.145. The Balaban J connectivity index is 1.83. The largest absolute Gasteiger partial charge is 0.465 e. The lowest BCUT2D eigenvalue weighted by Crippen LogP contribution is -2.60. The Morgan fingerprint density at radius 3 is 2.67 bits per heavy atom. The summed E-state index contributed by atoms with van der Waals surface area (Å²) in [4.78, 5) is 27.3. The number of nitrogens with one attached hydrogen (secondary N) is 2. The van der Waals surface area contributed by atoms with Gasteiger partial charge in [0.15, 0.2) is 0 Å². The standard InChI is InChI=1S/C25H25Cl2FN2O3/c1-2-33-22(31)21-19(15-7-6-8-17(27)20(15)28)25(24(30-21)11-4-3-5-12-24)16-10-9-14(26)13-18(16)29-23(25)32/h6-10,13,19,21,30H,2-5,11-12H2,1H3,(H,29,32)/t19-,21+,25+/m0/s1. The van der Waals surface area contributed by atoms with Gasteiger partial charge < -0.3 is 10.1 Å². The van der Waals surface area contributed by atoms with E-state index in [1.165, 1.54) is 6.07 Å². The Kier molecular flexibility index (Phi) is 5.66. The van der Waals surface area contributed by atoms with E-state index >= 15 is 4.39 Å². The molecule has 2 aromatic carbocycles. The van der Waals surface area contributed by atoms with Crippen molar-refractivity contribution in [1.82, 2.24) is 5.32 Å². The monoisotopic (exact) mass is 490 g/mol. The van der Waals surface area contributed by atoms with Gasteiger partial charge in [0, 0.05) is 22.2 Å². The van der Waals surface area contributed by atoms with Crippen molar-refractivity contribution in [1.29, 1.82) is 0 Å². The third-order valence-corrected chi connectivity index (χ3v) is 8.09.